The third-order valence-electron chi connectivity index (χ3n) is 2.71. The second-order valence-corrected chi connectivity index (χ2v) is 3.98. The zero-order valence-electron chi connectivity index (χ0n) is 10.2. The Balaban J connectivity index is 2.74. The number of nitrogens with zero attached hydrogens (tertiary/aromatic N) is 2. The summed E-state index contributed by atoms with van der Waals surface area (Å²) in [6.45, 7) is 2.01. The highest BCUT2D eigenvalue weighted by molar-refractivity contribution is 5.76. The van der Waals surface area contributed by atoms with Crippen LogP contribution in [-0.2, 0) is 7.05 Å². The third kappa shape index (κ3) is 2.06. The maximum Gasteiger partial charge on any atom is 0.276 e. The fraction of sp³-hybridized carbons (Fsp3) is 0.231. The van der Waals surface area contributed by atoms with Crippen molar-refractivity contribution >= 4 is 5.69 Å². The molecule has 0 atom stereocenters. The van der Waals surface area contributed by atoms with Crippen LogP contribution >= 0.6 is 0 Å². The summed E-state index contributed by atoms with van der Waals surface area (Å²) in [6, 6.07) is 7.89. The summed E-state index contributed by atoms with van der Waals surface area (Å²) in [5.74, 6) is 0. The van der Waals surface area contributed by atoms with Gasteiger partial charge in [0, 0.05) is 14.1 Å². The lowest BCUT2D eigenvalue weighted by Gasteiger charge is -2.09. The quantitative estimate of drug-likeness (QED) is 0.854. The molecule has 0 amide bonds. The molecule has 0 fully saturated rings. The number of aryl methyl sites for hydroxylation is 2. The Morgan fingerprint density at radius 1 is 1.35 bits per heavy atom. The largest absolute Gasteiger partial charge is 0.386 e. The van der Waals surface area contributed by atoms with Crippen LogP contribution in [-0.4, -0.2) is 16.8 Å². The van der Waals surface area contributed by atoms with Crippen LogP contribution in [0, 0.1) is 6.92 Å². The molecule has 0 spiro atoms. The summed E-state index contributed by atoms with van der Waals surface area (Å²) in [4.78, 5) is 12.1. The lowest BCUT2D eigenvalue weighted by atomic mass is 10.0. The topological polar surface area (TPSA) is 46.9 Å². The number of aromatic nitrogens is 2. The lowest BCUT2D eigenvalue weighted by Crippen LogP contribution is -2.22. The number of rotatable bonds is 2. The predicted molar refractivity (Wildman–Crippen MR) is 69.2 cm³/mol. The van der Waals surface area contributed by atoms with Gasteiger partial charge in [0.1, 0.15) is 0 Å². The first kappa shape index (κ1) is 11.4. The predicted octanol–water partition coefficient (Wildman–Crippen LogP) is 1.80. The smallest absolute Gasteiger partial charge is 0.276 e. The molecule has 2 rings (SSSR count). The van der Waals surface area contributed by atoms with Crippen molar-refractivity contribution in [2.45, 2.75) is 6.92 Å². The van der Waals surface area contributed by atoms with Crippen LogP contribution in [0.1, 0.15) is 5.56 Å². The fourth-order valence-corrected chi connectivity index (χ4v) is 1.81. The molecule has 1 aromatic carbocycles. The molecule has 0 radical (unpaired) electrons. The van der Waals surface area contributed by atoms with E-state index >= 15 is 0 Å². The molecular formula is C13H15N3O. The molecule has 1 N–H and O–H groups in total. The van der Waals surface area contributed by atoms with Crippen molar-refractivity contribution in [3.63, 3.8) is 0 Å². The number of benzene rings is 1. The van der Waals surface area contributed by atoms with Crippen molar-refractivity contribution in [2.24, 2.45) is 7.05 Å². The first-order chi connectivity index (χ1) is 8.13. The summed E-state index contributed by atoms with van der Waals surface area (Å²) < 4.78 is 1.35. The van der Waals surface area contributed by atoms with Gasteiger partial charge in [0.05, 0.1) is 17.4 Å². The summed E-state index contributed by atoms with van der Waals surface area (Å²) in [5, 5.41) is 7.01. The van der Waals surface area contributed by atoms with Gasteiger partial charge in [-0.05, 0) is 12.5 Å². The van der Waals surface area contributed by atoms with Gasteiger partial charge in [0.2, 0.25) is 0 Å². The molecule has 4 nitrogen and oxygen atoms in total. The highest BCUT2D eigenvalue weighted by atomic mass is 16.1. The molecule has 4 heteroatoms. The first-order valence-electron chi connectivity index (χ1n) is 5.44. The lowest BCUT2D eigenvalue weighted by molar-refractivity contribution is 0.710. The van der Waals surface area contributed by atoms with Crippen LogP contribution in [0.4, 0.5) is 5.69 Å². The van der Waals surface area contributed by atoms with Crippen molar-refractivity contribution in [1.82, 2.24) is 9.78 Å². The van der Waals surface area contributed by atoms with E-state index in [1.54, 1.807) is 20.3 Å². The van der Waals surface area contributed by atoms with Crippen LogP contribution in [0.2, 0.25) is 0 Å². The van der Waals surface area contributed by atoms with Crippen LogP contribution in [0.3, 0.4) is 0 Å². The molecule has 0 saturated heterocycles. The average Bonchev–Trinajstić information content (AvgIpc) is 2.32. The minimum Gasteiger partial charge on any atom is -0.386 e. The third-order valence-corrected chi connectivity index (χ3v) is 2.71. The minimum atomic E-state index is -0.0950. The van der Waals surface area contributed by atoms with Gasteiger partial charge in [-0.2, -0.15) is 5.10 Å². The standard InChI is InChI=1S/C13H15N3O/c1-9-5-4-6-10(7-9)12-11(14-2)8-15-16(3)13(12)17/h4-8,14H,1-3H3. The minimum absolute atomic E-state index is 0.0950. The van der Waals surface area contributed by atoms with Crippen LogP contribution in [0.15, 0.2) is 35.3 Å². The maximum absolute atomic E-state index is 12.1. The summed E-state index contributed by atoms with van der Waals surface area (Å²) in [7, 11) is 3.44. The Bertz CT molecular complexity index is 602. The summed E-state index contributed by atoms with van der Waals surface area (Å²) in [6.07, 6.45) is 1.67. The molecule has 0 bridgehead atoms. The molecule has 1 aromatic heterocycles. The molecular weight excluding hydrogens is 214 g/mol. The molecule has 1 heterocycles. The highest BCUT2D eigenvalue weighted by Gasteiger charge is 2.11. The van der Waals surface area contributed by atoms with Crippen LogP contribution in [0.25, 0.3) is 11.1 Å². The number of hydrogen-bond acceptors (Lipinski definition) is 3. The van der Waals surface area contributed by atoms with Gasteiger partial charge in [-0.25, -0.2) is 4.68 Å². The Kier molecular flexibility index (Phi) is 2.95. The SMILES string of the molecule is CNc1cnn(C)c(=O)c1-c1cccc(C)c1. The van der Waals surface area contributed by atoms with Gasteiger partial charge in [0.25, 0.3) is 5.56 Å². The van der Waals surface area contributed by atoms with E-state index in [-0.39, 0.29) is 5.56 Å². The first-order valence-corrected chi connectivity index (χ1v) is 5.44. The molecule has 2 aromatic rings. The molecule has 88 valence electrons. The number of hydrogen-bond donors (Lipinski definition) is 1. The Morgan fingerprint density at radius 3 is 2.76 bits per heavy atom. The van der Waals surface area contributed by atoms with Gasteiger partial charge in [-0.1, -0.05) is 29.8 Å². The van der Waals surface area contributed by atoms with Crippen LogP contribution in [0.5, 0.6) is 0 Å². The van der Waals surface area contributed by atoms with Crippen molar-refractivity contribution in [3.8, 4) is 11.1 Å². The van der Waals surface area contributed by atoms with Gasteiger partial charge in [0.15, 0.2) is 0 Å². The van der Waals surface area contributed by atoms with Crippen molar-refractivity contribution in [3.05, 3.63) is 46.4 Å². The van der Waals surface area contributed by atoms with Crippen molar-refractivity contribution in [1.29, 1.82) is 0 Å². The molecule has 0 aliphatic carbocycles. The van der Waals surface area contributed by atoms with E-state index in [4.69, 9.17) is 0 Å². The van der Waals surface area contributed by atoms with E-state index < -0.39 is 0 Å². The zero-order chi connectivity index (χ0) is 12.4. The average molecular weight is 229 g/mol. The Labute approximate surface area is 99.9 Å². The van der Waals surface area contributed by atoms with E-state index in [1.807, 2.05) is 31.2 Å². The molecule has 17 heavy (non-hydrogen) atoms. The number of nitrogens with one attached hydrogen (secondary N) is 1. The van der Waals surface area contributed by atoms with E-state index in [0.29, 0.717) is 5.56 Å². The highest BCUT2D eigenvalue weighted by Crippen LogP contribution is 2.23. The maximum atomic E-state index is 12.1. The fourth-order valence-electron chi connectivity index (χ4n) is 1.81. The van der Waals surface area contributed by atoms with E-state index in [0.717, 1.165) is 16.8 Å². The summed E-state index contributed by atoms with van der Waals surface area (Å²) in [5.41, 5.74) is 3.36. The normalized spacial score (nSPS) is 10.3. The monoisotopic (exact) mass is 229 g/mol. The van der Waals surface area contributed by atoms with Crippen LogP contribution < -0.4 is 10.9 Å². The second kappa shape index (κ2) is 4.41. The zero-order valence-corrected chi connectivity index (χ0v) is 10.2. The van der Waals surface area contributed by atoms with Gasteiger partial charge in [-0.15, -0.1) is 0 Å². The molecule has 0 unspecified atom stereocenters. The molecule has 0 aliphatic rings. The molecule has 0 saturated carbocycles. The van der Waals surface area contributed by atoms with E-state index in [9.17, 15) is 4.79 Å². The Hall–Kier alpha value is -2.10. The van der Waals surface area contributed by atoms with Gasteiger partial charge in [-0.3, -0.25) is 4.79 Å². The van der Waals surface area contributed by atoms with Crippen molar-refractivity contribution in [2.75, 3.05) is 12.4 Å². The van der Waals surface area contributed by atoms with Crippen molar-refractivity contribution < 1.29 is 0 Å². The second-order valence-electron chi connectivity index (χ2n) is 3.98. The van der Waals surface area contributed by atoms with Gasteiger partial charge < -0.3 is 5.32 Å². The number of anilines is 1. The van der Waals surface area contributed by atoms with E-state index in [2.05, 4.69) is 10.4 Å². The molecule has 0 aliphatic heterocycles. The van der Waals surface area contributed by atoms with Gasteiger partial charge >= 0.3 is 0 Å². The Morgan fingerprint density at radius 2 is 2.12 bits per heavy atom. The van der Waals surface area contributed by atoms with E-state index in [1.165, 1.54) is 4.68 Å². The summed E-state index contributed by atoms with van der Waals surface area (Å²) >= 11 is 0.